The van der Waals surface area contributed by atoms with Gasteiger partial charge in [-0.1, -0.05) is 29.8 Å². The standard InChI is InChI=1S/C19H22N2O/c1-2-10-9-21-14-7-11(10)16-15(21)8-19(18(16)22)12-5-3-4-6-13(12)20-17(14)19/h2-6,11,14-18,20,22H,7-9H2,1H3/b10-2-/t11-,14-,15-,16?,17-,18?,19+/m0/s1. The predicted octanol–water partition coefficient (Wildman–Crippen LogP) is 2.13. The molecule has 1 aromatic carbocycles. The van der Waals surface area contributed by atoms with Crippen LogP contribution in [0.15, 0.2) is 35.9 Å². The molecule has 0 radical (unpaired) electrons. The van der Waals surface area contributed by atoms with Crippen molar-refractivity contribution in [3.63, 3.8) is 0 Å². The molecule has 1 aliphatic carbocycles. The molecular weight excluding hydrogens is 272 g/mol. The summed E-state index contributed by atoms with van der Waals surface area (Å²) in [7, 11) is 0. The smallest absolute Gasteiger partial charge is 0.0707 e. The lowest BCUT2D eigenvalue weighted by molar-refractivity contribution is -0.0318. The minimum Gasteiger partial charge on any atom is -0.392 e. The Kier molecular flexibility index (Phi) is 1.99. The number of allylic oxidation sites excluding steroid dienone is 1. The molecule has 5 aliphatic heterocycles. The zero-order chi connectivity index (χ0) is 14.6. The third-order valence-electron chi connectivity index (χ3n) is 7.59. The van der Waals surface area contributed by atoms with Gasteiger partial charge in [-0.05, 0) is 37.3 Å². The van der Waals surface area contributed by atoms with E-state index >= 15 is 0 Å². The molecular formula is C19H22N2O. The van der Waals surface area contributed by atoms with Crippen LogP contribution in [0.3, 0.4) is 0 Å². The fourth-order valence-corrected chi connectivity index (χ4v) is 6.87. The highest BCUT2D eigenvalue weighted by atomic mass is 16.3. The molecule has 114 valence electrons. The number of anilines is 1. The number of piperidine rings is 4. The molecule has 6 aliphatic rings. The van der Waals surface area contributed by atoms with Crippen molar-refractivity contribution in [3.8, 4) is 0 Å². The van der Waals surface area contributed by atoms with Gasteiger partial charge in [0.1, 0.15) is 0 Å². The Morgan fingerprint density at radius 3 is 3.05 bits per heavy atom. The number of aliphatic hydroxyl groups excluding tert-OH is 1. The molecule has 1 saturated carbocycles. The van der Waals surface area contributed by atoms with Gasteiger partial charge in [-0.25, -0.2) is 0 Å². The van der Waals surface area contributed by atoms with Gasteiger partial charge < -0.3 is 10.4 Å². The molecule has 1 aromatic rings. The van der Waals surface area contributed by atoms with Crippen LogP contribution in [0.5, 0.6) is 0 Å². The first kappa shape index (κ1) is 12.1. The van der Waals surface area contributed by atoms with Crippen LogP contribution in [0.4, 0.5) is 5.69 Å². The van der Waals surface area contributed by atoms with Gasteiger partial charge in [-0.15, -0.1) is 0 Å². The van der Waals surface area contributed by atoms with Gasteiger partial charge in [0, 0.05) is 35.6 Å². The quantitative estimate of drug-likeness (QED) is 0.720. The highest BCUT2D eigenvalue weighted by Crippen LogP contribution is 2.66. The van der Waals surface area contributed by atoms with Crippen molar-refractivity contribution in [2.75, 3.05) is 11.9 Å². The van der Waals surface area contributed by atoms with Crippen molar-refractivity contribution < 1.29 is 5.11 Å². The maximum absolute atomic E-state index is 11.4. The molecule has 5 bridgehead atoms. The topological polar surface area (TPSA) is 35.5 Å². The second kappa shape index (κ2) is 3.60. The number of hydrogen-bond acceptors (Lipinski definition) is 3. The van der Waals surface area contributed by atoms with Crippen LogP contribution in [-0.4, -0.2) is 40.8 Å². The first-order chi connectivity index (χ1) is 10.8. The first-order valence-corrected chi connectivity index (χ1v) is 8.70. The number of nitrogens with zero attached hydrogens (tertiary/aromatic N) is 1. The van der Waals surface area contributed by atoms with E-state index in [9.17, 15) is 5.11 Å². The summed E-state index contributed by atoms with van der Waals surface area (Å²) in [4.78, 5) is 2.72. The molecule has 0 aromatic heterocycles. The van der Waals surface area contributed by atoms with Gasteiger partial charge in [0.05, 0.1) is 12.1 Å². The minimum atomic E-state index is -0.200. The molecule has 22 heavy (non-hydrogen) atoms. The molecule has 0 amide bonds. The largest absolute Gasteiger partial charge is 0.392 e. The summed E-state index contributed by atoms with van der Waals surface area (Å²) in [5.74, 6) is 1.05. The van der Waals surface area contributed by atoms with Crippen molar-refractivity contribution in [3.05, 3.63) is 41.5 Å². The number of hydrogen-bond donors (Lipinski definition) is 2. The van der Waals surface area contributed by atoms with Crippen molar-refractivity contribution in [2.24, 2.45) is 11.8 Å². The van der Waals surface area contributed by atoms with Crippen molar-refractivity contribution in [2.45, 2.75) is 49.4 Å². The summed E-state index contributed by atoms with van der Waals surface area (Å²) in [6, 6.07) is 10.3. The van der Waals surface area contributed by atoms with E-state index in [2.05, 4.69) is 47.5 Å². The Morgan fingerprint density at radius 2 is 2.18 bits per heavy atom. The van der Waals surface area contributed by atoms with E-state index < -0.39 is 0 Å². The number of rotatable bonds is 0. The Bertz CT molecular complexity index is 713. The van der Waals surface area contributed by atoms with Crippen LogP contribution >= 0.6 is 0 Å². The molecule has 3 nitrogen and oxygen atoms in total. The van der Waals surface area contributed by atoms with E-state index in [0.29, 0.717) is 30.0 Å². The number of para-hydroxylation sites is 1. The van der Waals surface area contributed by atoms with E-state index in [4.69, 9.17) is 0 Å². The maximum atomic E-state index is 11.4. The third-order valence-corrected chi connectivity index (χ3v) is 7.59. The molecule has 4 saturated heterocycles. The van der Waals surface area contributed by atoms with Gasteiger partial charge in [-0.3, -0.25) is 4.90 Å². The van der Waals surface area contributed by atoms with Crippen LogP contribution in [0, 0.1) is 11.8 Å². The number of nitrogens with one attached hydrogen (secondary N) is 1. The highest BCUT2D eigenvalue weighted by Gasteiger charge is 2.73. The summed E-state index contributed by atoms with van der Waals surface area (Å²) >= 11 is 0. The number of benzene rings is 1. The van der Waals surface area contributed by atoms with Crippen LogP contribution < -0.4 is 5.32 Å². The fourth-order valence-electron chi connectivity index (χ4n) is 6.87. The molecule has 7 rings (SSSR count). The van der Waals surface area contributed by atoms with Crippen LogP contribution in [0.25, 0.3) is 0 Å². The second-order valence-corrected chi connectivity index (χ2v) is 7.95. The van der Waals surface area contributed by atoms with Gasteiger partial charge >= 0.3 is 0 Å². The van der Waals surface area contributed by atoms with E-state index in [0.717, 1.165) is 13.0 Å². The fraction of sp³-hybridized carbons (Fsp3) is 0.579. The van der Waals surface area contributed by atoms with E-state index in [-0.39, 0.29) is 11.5 Å². The Labute approximate surface area is 131 Å². The molecule has 5 fully saturated rings. The number of fused-ring (bicyclic) bond motifs is 2. The van der Waals surface area contributed by atoms with Crippen molar-refractivity contribution in [1.82, 2.24) is 4.90 Å². The SMILES string of the molecule is C/C=C1/CN2[C@H]3C[C@@]45c6ccccc6N[C@H]4[C@@H]2C[C@@H]1C3C5O. The summed E-state index contributed by atoms with van der Waals surface area (Å²) in [6.07, 6.45) is 4.47. The van der Waals surface area contributed by atoms with Gasteiger partial charge in [0.15, 0.2) is 0 Å². The van der Waals surface area contributed by atoms with Crippen LogP contribution in [0.1, 0.15) is 25.3 Å². The average molecular weight is 294 g/mol. The van der Waals surface area contributed by atoms with Crippen molar-refractivity contribution >= 4 is 5.69 Å². The number of aliphatic hydroxyl groups is 1. The zero-order valence-corrected chi connectivity index (χ0v) is 12.9. The van der Waals surface area contributed by atoms with E-state index in [1.54, 1.807) is 5.57 Å². The monoisotopic (exact) mass is 294 g/mol. The Hall–Kier alpha value is -1.32. The molecule has 1 spiro atoms. The molecule has 2 N–H and O–H groups in total. The van der Waals surface area contributed by atoms with E-state index in [1.165, 1.54) is 17.7 Å². The summed E-state index contributed by atoms with van der Waals surface area (Å²) in [5, 5.41) is 15.2. The van der Waals surface area contributed by atoms with Gasteiger partial charge in [0.2, 0.25) is 0 Å². The normalized spacial score (nSPS) is 54.5. The predicted molar refractivity (Wildman–Crippen MR) is 85.8 cm³/mol. The van der Waals surface area contributed by atoms with E-state index in [1.807, 2.05) is 0 Å². The minimum absolute atomic E-state index is 0.0367. The Balaban J connectivity index is 1.60. The lowest BCUT2D eigenvalue weighted by Gasteiger charge is -2.57. The molecule has 5 heterocycles. The second-order valence-electron chi connectivity index (χ2n) is 7.95. The van der Waals surface area contributed by atoms with Crippen LogP contribution in [-0.2, 0) is 5.41 Å². The lowest BCUT2D eigenvalue weighted by atomic mass is 9.65. The molecule has 3 heteroatoms. The summed E-state index contributed by atoms with van der Waals surface area (Å²) < 4.78 is 0. The molecule has 8 atom stereocenters. The maximum Gasteiger partial charge on any atom is 0.0707 e. The van der Waals surface area contributed by atoms with Crippen LogP contribution in [0.2, 0.25) is 0 Å². The van der Waals surface area contributed by atoms with Crippen molar-refractivity contribution in [1.29, 1.82) is 0 Å². The first-order valence-electron chi connectivity index (χ1n) is 8.70. The van der Waals surface area contributed by atoms with Gasteiger partial charge in [0.25, 0.3) is 0 Å². The lowest BCUT2D eigenvalue weighted by Crippen LogP contribution is -2.66. The average Bonchev–Trinajstić information content (AvgIpc) is 3.02. The molecule has 3 unspecified atom stereocenters. The Morgan fingerprint density at radius 1 is 1.32 bits per heavy atom. The summed E-state index contributed by atoms with van der Waals surface area (Å²) in [5.41, 5.74) is 4.18. The summed E-state index contributed by atoms with van der Waals surface area (Å²) in [6.45, 7) is 3.30. The third kappa shape index (κ3) is 1.05. The highest BCUT2D eigenvalue weighted by molar-refractivity contribution is 5.65. The zero-order valence-electron chi connectivity index (χ0n) is 12.9. The van der Waals surface area contributed by atoms with Gasteiger partial charge in [-0.2, -0.15) is 0 Å².